The van der Waals surface area contributed by atoms with E-state index in [1.165, 1.54) is 11.8 Å². The molecule has 1 unspecified atom stereocenters. The zero-order valence-electron chi connectivity index (χ0n) is 25.3. The van der Waals surface area contributed by atoms with Gasteiger partial charge in [0, 0.05) is 37.4 Å². The molecule has 4 heterocycles. The number of rotatable bonds is 13. The summed E-state index contributed by atoms with van der Waals surface area (Å²) in [5, 5.41) is 9.25. The van der Waals surface area contributed by atoms with E-state index in [4.69, 9.17) is 26.4 Å². The molecule has 0 aliphatic carbocycles. The Kier molecular flexibility index (Phi) is 10.1. The van der Waals surface area contributed by atoms with Crippen molar-refractivity contribution in [1.82, 2.24) is 24.2 Å². The van der Waals surface area contributed by atoms with Crippen molar-refractivity contribution in [3.63, 3.8) is 0 Å². The third kappa shape index (κ3) is 7.10. The van der Waals surface area contributed by atoms with Gasteiger partial charge in [0.1, 0.15) is 11.9 Å². The number of sulfonamides is 1. The highest BCUT2D eigenvalue weighted by Crippen LogP contribution is 2.48. The number of imidazole rings is 1. The minimum atomic E-state index is -3.84. The van der Waals surface area contributed by atoms with Gasteiger partial charge in [0.15, 0.2) is 0 Å². The van der Waals surface area contributed by atoms with Gasteiger partial charge in [-0.25, -0.2) is 22.9 Å². The summed E-state index contributed by atoms with van der Waals surface area (Å²) in [4.78, 5) is 50.1. The van der Waals surface area contributed by atoms with E-state index in [0.717, 1.165) is 11.1 Å². The summed E-state index contributed by atoms with van der Waals surface area (Å²) < 4.78 is 46.6. The maximum absolute atomic E-state index is 14.3. The smallest absolute Gasteiger partial charge is 0.410 e. The first-order valence-electron chi connectivity index (χ1n) is 15.1. The molecule has 1 fully saturated rings. The number of aryl methyl sites for hydroxylation is 1. The minimum absolute atomic E-state index is 0.118. The number of aromatic nitrogens is 3. The van der Waals surface area contributed by atoms with Gasteiger partial charge in [0.05, 0.1) is 53.7 Å². The van der Waals surface area contributed by atoms with E-state index >= 15 is 0 Å². The summed E-state index contributed by atoms with van der Waals surface area (Å²) in [6, 6.07) is 7.25. The molecule has 1 aromatic carbocycles. The molecule has 2 amide bonds. The van der Waals surface area contributed by atoms with E-state index in [1.807, 2.05) is 16.7 Å². The van der Waals surface area contributed by atoms with Gasteiger partial charge in [0.2, 0.25) is 15.9 Å². The number of hydrogen-bond acceptors (Lipinski definition) is 8. The van der Waals surface area contributed by atoms with Crippen LogP contribution in [0.2, 0.25) is 5.02 Å². The number of aliphatic carboxylic acids is 1. The summed E-state index contributed by atoms with van der Waals surface area (Å²) in [5.41, 5.74) is 2.15. The molecule has 2 aliphatic heterocycles. The Morgan fingerprint density at radius 2 is 1.98 bits per heavy atom. The molecule has 1 spiro atoms. The van der Waals surface area contributed by atoms with Crippen LogP contribution >= 0.6 is 11.6 Å². The van der Waals surface area contributed by atoms with Crippen molar-refractivity contribution in [2.45, 2.75) is 63.6 Å². The Morgan fingerprint density at radius 3 is 2.70 bits per heavy atom. The van der Waals surface area contributed by atoms with Crippen molar-refractivity contribution in [2.24, 2.45) is 0 Å². The van der Waals surface area contributed by atoms with Crippen molar-refractivity contribution in [1.29, 1.82) is 0 Å². The molecule has 0 radical (unpaired) electrons. The van der Waals surface area contributed by atoms with E-state index in [1.54, 1.807) is 29.4 Å². The monoisotopic (exact) mass is 678 g/mol. The predicted molar refractivity (Wildman–Crippen MR) is 168 cm³/mol. The number of carbonyl (C=O) groups is 3. The summed E-state index contributed by atoms with van der Waals surface area (Å²) >= 11 is 6.23. The molecule has 5 rings (SSSR count). The van der Waals surface area contributed by atoms with Crippen LogP contribution in [0.5, 0.6) is 0 Å². The van der Waals surface area contributed by atoms with Gasteiger partial charge in [-0.2, -0.15) is 0 Å². The van der Waals surface area contributed by atoms with Crippen LogP contribution < -0.4 is 9.62 Å². The maximum atomic E-state index is 14.3. The van der Waals surface area contributed by atoms with Gasteiger partial charge in [0.25, 0.3) is 0 Å². The zero-order chi connectivity index (χ0) is 33.1. The number of nitrogens with one attached hydrogen (secondary N) is 1. The standard InChI is InChI=1S/C30H36ClFN6O7S/c1-20(17-34-46(43,44)15-7-27(39)40)45-29(42)36-13-8-30(9-14-36)22-6-11-33-18-25(22)38(28(30)41)19-26-35-23-16-21(31)4-5-24(23)37(26)12-3-2-10-32/h4-6,11,16,18,20,34H,2-3,7-10,12-15,17,19H2,1H3,(H,39,40). The summed E-state index contributed by atoms with van der Waals surface area (Å²) in [5.74, 6) is -1.28. The van der Waals surface area contributed by atoms with Gasteiger partial charge >= 0.3 is 12.1 Å². The molecule has 248 valence electrons. The maximum Gasteiger partial charge on any atom is 0.410 e. The van der Waals surface area contributed by atoms with Crippen LogP contribution in [-0.4, -0.2) is 89.1 Å². The average molecular weight is 679 g/mol. The Balaban J connectivity index is 1.28. The lowest BCUT2D eigenvalue weighted by Crippen LogP contribution is -2.50. The minimum Gasteiger partial charge on any atom is -0.481 e. The van der Waals surface area contributed by atoms with E-state index in [-0.39, 0.29) is 32.1 Å². The second kappa shape index (κ2) is 13.9. The molecule has 16 heteroatoms. The molecule has 2 N–H and O–H groups in total. The highest BCUT2D eigenvalue weighted by atomic mass is 35.5. The number of anilines is 1. The van der Waals surface area contributed by atoms with Crippen LogP contribution in [0.3, 0.4) is 0 Å². The molecule has 13 nitrogen and oxygen atoms in total. The topological polar surface area (TPSA) is 164 Å². The first-order valence-corrected chi connectivity index (χ1v) is 17.1. The predicted octanol–water partition coefficient (Wildman–Crippen LogP) is 3.63. The number of carbonyl (C=O) groups excluding carboxylic acids is 2. The molecule has 1 saturated heterocycles. The average Bonchev–Trinajstić information content (AvgIpc) is 3.47. The number of pyridine rings is 1. The molecular formula is C30H36ClFN6O7S. The van der Waals surface area contributed by atoms with Gasteiger partial charge in [-0.15, -0.1) is 0 Å². The lowest BCUT2D eigenvalue weighted by Gasteiger charge is -2.38. The summed E-state index contributed by atoms with van der Waals surface area (Å²) in [7, 11) is -3.84. The Bertz CT molecular complexity index is 1730. The third-order valence-corrected chi connectivity index (χ3v) is 10.1. The number of nitrogens with zero attached hydrogens (tertiary/aromatic N) is 5. The molecule has 0 saturated carbocycles. The summed E-state index contributed by atoms with van der Waals surface area (Å²) in [6.07, 6.45) is 3.02. The molecule has 2 aromatic heterocycles. The molecule has 46 heavy (non-hydrogen) atoms. The lowest BCUT2D eigenvalue weighted by molar-refractivity contribution is -0.136. The number of carboxylic acids is 1. The van der Waals surface area contributed by atoms with E-state index < -0.39 is 52.5 Å². The van der Waals surface area contributed by atoms with Gasteiger partial charge in [-0.3, -0.25) is 19.0 Å². The number of likely N-dealkylation sites (tertiary alicyclic amines) is 1. The molecule has 1 atom stereocenters. The fourth-order valence-corrected chi connectivity index (χ4v) is 7.30. The van der Waals surface area contributed by atoms with Crippen molar-refractivity contribution >= 4 is 56.3 Å². The van der Waals surface area contributed by atoms with Crippen molar-refractivity contribution in [3.8, 4) is 0 Å². The third-order valence-electron chi connectivity index (χ3n) is 8.47. The zero-order valence-corrected chi connectivity index (χ0v) is 26.9. The lowest BCUT2D eigenvalue weighted by atomic mass is 9.74. The fourth-order valence-electron chi connectivity index (χ4n) is 6.06. The van der Waals surface area contributed by atoms with Gasteiger partial charge in [-0.1, -0.05) is 11.6 Å². The molecule has 0 bridgehead atoms. The van der Waals surface area contributed by atoms with Crippen LogP contribution in [0.15, 0.2) is 36.7 Å². The van der Waals surface area contributed by atoms with Crippen molar-refractivity contribution in [2.75, 3.05) is 37.0 Å². The van der Waals surface area contributed by atoms with Crippen molar-refractivity contribution in [3.05, 3.63) is 53.1 Å². The van der Waals surface area contributed by atoms with Crippen LogP contribution in [0.1, 0.15) is 50.4 Å². The number of halogens is 2. The molecule has 3 aromatic rings. The second-order valence-electron chi connectivity index (χ2n) is 11.6. The number of benzene rings is 1. The SMILES string of the molecule is CC(CNS(=O)(=O)CCC(=O)O)OC(=O)N1CCC2(CC1)C(=O)N(Cc1nc3cc(Cl)ccc3n1CCCCF)c1cnccc12. The van der Waals surface area contributed by atoms with E-state index in [9.17, 15) is 27.2 Å². The number of hydrogen-bond donors (Lipinski definition) is 2. The quantitative estimate of drug-likeness (QED) is 0.257. The Labute approximate surface area is 270 Å². The molecule has 2 aliphatic rings. The highest BCUT2D eigenvalue weighted by molar-refractivity contribution is 7.89. The highest BCUT2D eigenvalue weighted by Gasteiger charge is 2.53. The normalized spacial score (nSPS) is 16.6. The van der Waals surface area contributed by atoms with Crippen LogP contribution in [-0.2, 0) is 42.9 Å². The molecular weight excluding hydrogens is 643 g/mol. The largest absolute Gasteiger partial charge is 0.481 e. The van der Waals surface area contributed by atoms with Crippen LogP contribution in [0.25, 0.3) is 11.0 Å². The number of ether oxygens (including phenoxy) is 1. The van der Waals surface area contributed by atoms with Crippen LogP contribution in [0, 0.1) is 0 Å². The summed E-state index contributed by atoms with van der Waals surface area (Å²) in [6.45, 7) is 2.08. The first kappa shape index (κ1) is 33.5. The van der Waals surface area contributed by atoms with Crippen molar-refractivity contribution < 1.29 is 37.0 Å². The number of fused-ring (bicyclic) bond motifs is 3. The van der Waals surface area contributed by atoms with E-state index in [2.05, 4.69) is 9.71 Å². The van der Waals surface area contributed by atoms with Crippen LogP contribution in [0.4, 0.5) is 14.9 Å². The fraction of sp³-hybridized carbons (Fsp3) is 0.500. The first-order chi connectivity index (χ1) is 21.9. The number of carboxylic acid groups (broad SMARTS) is 1. The number of alkyl halides is 1. The Hall–Kier alpha value is -3.82. The second-order valence-corrected chi connectivity index (χ2v) is 13.9. The number of piperidine rings is 1. The number of amides is 2. The van der Waals surface area contributed by atoms with Gasteiger partial charge in [-0.05, 0) is 62.4 Å². The Morgan fingerprint density at radius 1 is 1.22 bits per heavy atom. The number of unbranched alkanes of at least 4 members (excludes halogenated alkanes) is 1. The van der Waals surface area contributed by atoms with Gasteiger partial charge < -0.3 is 24.2 Å². The van der Waals surface area contributed by atoms with E-state index in [0.29, 0.717) is 54.3 Å².